The van der Waals surface area contributed by atoms with Crippen molar-refractivity contribution >= 4 is 23.3 Å². The van der Waals surface area contributed by atoms with E-state index < -0.39 is 5.41 Å². The highest BCUT2D eigenvalue weighted by atomic mass is 16.2. The largest absolute Gasteiger partial charge is 0.358 e. The number of carbonyl (C=O) groups excluding carboxylic acids is 2. The average molecular weight is 338 g/mol. The Labute approximate surface area is 147 Å². The number of carbonyl (C=O) groups is 2. The second-order valence-corrected chi connectivity index (χ2v) is 6.40. The van der Waals surface area contributed by atoms with E-state index in [1.54, 1.807) is 25.4 Å². The Morgan fingerprint density at radius 3 is 2.60 bits per heavy atom. The van der Waals surface area contributed by atoms with E-state index >= 15 is 0 Å². The van der Waals surface area contributed by atoms with E-state index in [0.29, 0.717) is 11.5 Å². The molecule has 25 heavy (non-hydrogen) atoms. The maximum atomic E-state index is 12.5. The maximum absolute atomic E-state index is 12.5. The molecule has 0 radical (unpaired) electrons. The molecule has 0 bridgehead atoms. The van der Waals surface area contributed by atoms with Gasteiger partial charge in [-0.1, -0.05) is 25.0 Å². The second kappa shape index (κ2) is 7.01. The van der Waals surface area contributed by atoms with Gasteiger partial charge < -0.3 is 10.6 Å². The molecule has 0 unspecified atom stereocenters. The molecule has 0 spiro atoms. The summed E-state index contributed by atoms with van der Waals surface area (Å²) in [5.41, 5.74) is 1.53. The summed E-state index contributed by atoms with van der Waals surface area (Å²) in [7, 11) is 1.66. The smallest absolute Gasteiger partial charge is 0.232 e. The normalized spacial score (nSPS) is 15.6. The lowest BCUT2D eigenvalue weighted by atomic mass is 9.81. The first kappa shape index (κ1) is 17.1. The summed E-state index contributed by atoms with van der Waals surface area (Å²) in [6, 6.07) is 9.02. The van der Waals surface area contributed by atoms with Crippen LogP contribution in [0.3, 0.4) is 0 Å². The molecule has 0 aliphatic heterocycles. The molecule has 2 N–H and O–H groups in total. The van der Waals surface area contributed by atoms with Crippen LogP contribution in [0.15, 0.2) is 36.5 Å². The molecule has 6 heteroatoms. The van der Waals surface area contributed by atoms with Gasteiger partial charge in [-0.3, -0.25) is 9.59 Å². The molecule has 2 aromatic rings. The van der Waals surface area contributed by atoms with Gasteiger partial charge in [0.25, 0.3) is 0 Å². The molecule has 0 atom stereocenters. The Morgan fingerprint density at radius 1 is 1.16 bits per heavy atom. The molecule has 1 aliphatic rings. The number of nitrogens with zero attached hydrogens (tertiary/aromatic N) is 2. The van der Waals surface area contributed by atoms with E-state index in [4.69, 9.17) is 0 Å². The van der Waals surface area contributed by atoms with Crippen molar-refractivity contribution in [2.24, 2.45) is 0 Å². The van der Waals surface area contributed by atoms with Crippen LogP contribution in [-0.4, -0.2) is 28.7 Å². The van der Waals surface area contributed by atoms with Crippen molar-refractivity contribution in [3.05, 3.63) is 47.8 Å². The van der Waals surface area contributed by atoms with E-state index in [2.05, 4.69) is 20.6 Å². The van der Waals surface area contributed by atoms with Crippen LogP contribution in [0, 0.1) is 0 Å². The molecule has 1 aromatic heterocycles. The lowest BCUT2D eigenvalue weighted by Gasteiger charge is -2.26. The highest BCUT2D eigenvalue weighted by molar-refractivity contribution is 5.95. The van der Waals surface area contributed by atoms with Crippen LogP contribution in [-0.2, 0) is 10.2 Å². The Balaban J connectivity index is 1.90. The van der Waals surface area contributed by atoms with Gasteiger partial charge in [-0.25, -0.2) is 9.97 Å². The maximum Gasteiger partial charge on any atom is 0.232 e. The van der Waals surface area contributed by atoms with Gasteiger partial charge >= 0.3 is 0 Å². The van der Waals surface area contributed by atoms with Crippen molar-refractivity contribution in [2.45, 2.75) is 38.0 Å². The zero-order chi connectivity index (χ0) is 17.9. The van der Waals surface area contributed by atoms with Gasteiger partial charge in [-0.15, -0.1) is 0 Å². The predicted octanol–water partition coefficient (Wildman–Crippen LogP) is 2.98. The molecule has 1 heterocycles. The van der Waals surface area contributed by atoms with E-state index in [0.717, 1.165) is 37.1 Å². The highest BCUT2D eigenvalue weighted by Gasteiger charge is 2.43. The van der Waals surface area contributed by atoms with Gasteiger partial charge in [0, 0.05) is 24.5 Å². The minimum Gasteiger partial charge on any atom is -0.358 e. The summed E-state index contributed by atoms with van der Waals surface area (Å²) in [6.07, 6.45) is 5.29. The summed E-state index contributed by atoms with van der Waals surface area (Å²) in [6.45, 7) is 1.53. The Morgan fingerprint density at radius 2 is 1.92 bits per heavy atom. The van der Waals surface area contributed by atoms with Crippen LogP contribution < -0.4 is 10.6 Å². The second-order valence-electron chi connectivity index (χ2n) is 6.40. The van der Waals surface area contributed by atoms with Crippen LogP contribution in [0.1, 0.15) is 48.7 Å². The first-order chi connectivity index (χ1) is 12.0. The molecule has 1 fully saturated rings. The van der Waals surface area contributed by atoms with Gasteiger partial charge in [0.15, 0.2) is 5.78 Å². The SMILES string of the molecule is CNC(=O)C1(c2ccnc(Nc3cccc(C(C)=O)c3)n2)CCCC1. The number of nitrogens with one attached hydrogen (secondary N) is 2. The van der Waals surface area contributed by atoms with Crippen LogP contribution in [0.4, 0.5) is 11.6 Å². The average Bonchev–Trinajstić information content (AvgIpc) is 3.12. The lowest BCUT2D eigenvalue weighted by Crippen LogP contribution is -2.41. The van der Waals surface area contributed by atoms with Crippen LogP contribution in [0.2, 0.25) is 0 Å². The minimum absolute atomic E-state index is 0.00263. The number of aromatic nitrogens is 2. The van der Waals surface area contributed by atoms with Crippen LogP contribution >= 0.6 is 0 Å². The van der Waals surface area contributed by atoms with E-state index in [1.165, 1.54) is 6.92 Å². The van der Waals surface area contributed by atoms with Crippen LogP contribution in [0.5, 0.6) is 0 Å². The van der Waals surface area contributed by atoms with E-state index in [1.807, 2.05) is 18.2 Å². The number of likely N-dealkylation sites (N-methyl/N-ethyl adjacent to an activating group) is 1. The summed E-state index contributed by atoms with van der Waals surface area (Å²) >= 11 is 0. The molecular weight excluding hydrogens is 316 g/mol. The summed E-state index contributed by atoms with van der Waals surface area (Å²) in [4.78, 5) is 32.9. The predicted molar refractivity (Wildman–Crippen MR) is 96.0 cm³/mol. The van der Waals surface area contributed by atoms with Crippen LogP contribution in [0.25, 0.3) is 0 Å². The minimum atomic E-state index is -0.574. The molecule has 0 saturated heterocycles. The van der Waals surface area contributed by atoms with Crippen molar-refractivity contribution in [3.63, 3.8) is 0 Å². The molecule has 1 aromatic carbocycles. The summed E-state index contributed by atoms with van der Waals surface area (Å²) in [5, 5.41) is 5.91. The Kier molecular flexibility index (Phi) is 4.79. The fourth-order valence-electron chi connectivity index (χ4n) is 3.45. The Hall–Kier alpha value is -2.76. The van der Waals surface area contributed by atoms with Crippen molar-refractivity contribution in [2.75, 3.05) is 12.4 Å². The summed E-state index contributed by atoms with van der Waals surface area (Å²) < 4.78 is 0. The molecule has 3 rings (SSSR count). The molecule has 1 aliphatic carbocycles. The number of Topliss-reactive ketones (excluding diaryl/α,β-unsaturated/α-hetero) is 1. The monoisotopic (exact) mass is 338 g/mol. The number of amides is 1. The molecule has 6 nitrogen and oxygen atoms in total. The van der Waals surface area contributed by atoms with Crippen molar-refractivity contribution in [3.8, 4) is 0 Å². The fourth-order valence-corrected chi connectivity index (χ4v) is 3.45. The van der Waals surface area contributed by atoms with Crippen molar-refractivity contribution in [1.29, 1.82) is 0 Å². The van der Waals surface area contributed by atoms with E-state index in [-0.39, 0.29) is 11.7 Å². The number of anilines is 2. The third kappa shape index (κ3) is 3.38. The van der Waals surface area contributed by atoms with Gasteiger partial charge in [-0.2, -0.15) is 0 Å². The number of hydrogen-bond donors (Lipinski definition) is 2. The highest BCUT2D eigenvalue weighted by Crippen LogP contribution is 2.40. The van der Waals surface area contributed by atoms with Crippen molar-refractivity contribution < 1.29 is 9.59 Å². The van der Waals surface area contributed by atoms with Gasteiger partial charge in [-0.05, 0) is 38.0 Å². The Bertz CT molecular complexity index is 798. The summed E-state index contributed by atoms with van der Waals surface area (Å²) in [5.74, 6) is 0.435. The van der Waals surface area contributed by atoms with E-state index in [9.17, 15) is 9.59 Å². The third-order valence-electron chi connectivity index (χ3n) is 4.79. The zero-order valence-corrected chi connectivity index (χ0v) is 14.5. The molecule has 1 amide bonds. The zero-order valence-electron chi connectivity index (χ0n) is 14.5. The number of ketones is 1. The standard InChI is InChI=1S/C19H22N4O2/c1-13(24)14-6-5-7-15(12-14)22-18-21-11-8-16(23-18)19(17(25)20-2)9-3-4-10-19/h5-8,11-12H,3-4,9-10H2,1-2H3,(H,20,25)(H,21,22,23). The lowest BCUT2D eigenvalue weighted by molar-refractivity contribution is -0.126. The fraction of sp³-hybridized carbons (Fsp3) is 0.368. The quantitative estimate of drug-likeness (QED) is 0.819. The molecule has 1 saturated carbocycles. The third-order valence-corrected chi connectivity index (χ3v) is 4.79. The number of hydrogen-bond acceptors (Lipinski definition) is 5. The number of rotatable bonds is 5. The van der Waals surface area contributed by atoms with Crippen molar-refractivity contribution in [1.82, 2.24) is 15.3 Å². The molecule has 130 valence electrons. The van der Waals surface area contributed by atoms with Gasteiger partial charge in [0.1, 0.15) is 0 Å². The topological polar surface area (TPSA) is 84.0 Å². The van der Waals surface area contributed by atoms with Gasteiger partial charge in [0.05, 0.1) is 11.1 Å². The number of benzene rings is 1. The molecular formula is C19H22N4O2. The van der Waals surface area contributed by atoms with Gasteiger partial charge in [0.2, 0.25) is 11.9 Å². The first-order valence-electron chi connectivity index (χ1n) is 8.49. The first-order valence-corrected chi connectivity index (χ1v) is 8.49.